The zero-order chi connectivity index (χ0) is 15.2. The highest BCUT2D eigenvalue weighted by molar-refractivity contribution is 5.83. The molecule has 0 saturated carbocycles. The first kappa shape index (κ1) is 18.2. The average Bonchev–Trinajstić information content (AvgIpc) is 2.92. The second kappa shape index (κ2) is 12.9. The molecule has 0 aliphatic carbocycles. The third kappa shape index (κ3) is 8.92. The number of hydrogen-bond acceptors (Lipinski definition) is 3. The molecule has 0 aromatic rings. The van der Waals surface area contributed by atoms with Crippen molar-refractivity contribution in [2.24, 2.45) is 10.7 Å². The summed E-state index contributed by atoms with van der Waals surface area (Å²) in [6.07, 6.45) is 17.8. The SMILES string of the molecule is CC/C=C/CCCCCCCCCC1=NCCN1CCN. The minimum atomic E-state index is 0.743. The molecule has 3 nitrogen and oxygen atoms in total. The summed E-state index contributed by atoms with van der Waals surface area (Å²) in [4.78, 5) is 6.96. The van der Waals surface area contributed by atoms with Gasteiger partial charge in [0.1, 0.15) is 0 Å². The lowest BCUT2D eigenvalue weighted by Gasteiger charge is -2.19. The smallest absolute Gasteiger partial charge is 0.0990 e. The van der Waals surface area contributed by atoms with Crippen LogP contribution in [0.25, 0.3) is 0 Å². The zero-order valence-electron chi connectivity index (χ0n) is 14.0. The number of amidine groups is 1. The summed E-state index contributed by atoms with van der Waals surface area (Å²) >= 11 is 0. The Morgan fingerprint density at radius 1 is 1.05 bits per heavy atom. The molecule has 3 heteroatoms. The lowest BCUT2D eigenvalue weighted by Crippen LogP contribution is -2.32. The molecule has 122 valence electrons. The first-order chi connectivity index (χ1) is 10.4. The first-order valence-electron chi connectivity index (χ1n) is 9.01. The van der Waals surface area contributed by atoms with E-state index in [1.54, 1.807) is 0 Å². The minimum absolute atomic E-state index is 0.743. The Kier molecular flexibility index (Phi) is 11.2. The van der Waals surface area contributed by atoms with E-state index in [2.05, 4.69) is 29.0 Å². The third-order valence-electron chi connectivity index (χ3n) is 4.10. The summed E-state index contributed by atoms with van der Waals surface area (Å²) in [5.41, 5.74) is 5.63. The molecule has 0 unspecified atom stereocenters. The highest BCUT2D eigenvalue weighted by Gasteiger charge is 2.14. The Morgan fingerprint density at radius 2 is 1.76 bits per heavy atom. The molecule has 0 aromatic heterocycles. The number of nitrogens with two attached hydrogens (primary N) is 1. The van der Waals surface area contributed by atoms with Crippen molar-refractivity contribution in [2.45, 2.75) is 71.1 Å². The van der Waals surface area contributed by atoms with Crippen LogP contribution in [-0.4, -0.2) is 36.9 Å². The van der Waals surface area contributed by atoms with Crippen molar-refractivity contribution in [1.29, 1.82) is 0 Å². The summed E-state index contributed by atoms with van der Waals surface area (Å²) in [5, 5.41) is 0. The molecular formula is C18H35N3. The van der Waals surface area contributed by atoms with Crippen LogP contribution in [0.1, 0.15) is 71.1 Å². The molecule has 0 aromatic carbocycles. The normalized spacial score (nSPS) is 15.1. The zero-order valence-corrected chi connectivity index (χ0v) is 14.0. The summed E-state index contributed by atoms with van der Waals surface area (Å²) in [6, 6.07) is 0. The summed E-state index contributed by atoms with van der Waals surface area (Å²) in [6.45, 7) is 5.97. The van der Waals surface area contributed by atoms with E-state index >= 15 is 0 Å². The largest absolute Gasteiger partial charge is 0.357 e. The van der Waals surface area contributed by atoms with Crippen LogP contribution in [0, 0.1) is 0 Å². The molecule has 1 aliphatic rings. The van der Waals surface area contributed by atoms with Crippen molar-refractivity contribution >= 4 is 5.84 Å². The maximum absolute atomic E-state index is 5.63. The standard InChI is InChI=1S/C18H35N3/c1-2-3-4-5-6-7-8-9-10-11-12-13-18-20-15-17-21(18)16-14-19/h3-4H,2,5-17,19H2,1H3/b4-3+. The van der Waals surface area contributed by atoms with Crippen LogP contribution >= 0.6 is 0 Å². The van der Waals surface area contributed by atoms with E-state index in [9.17, 15) is 0 Å². The number of unbranched alkanes of at least 4 members (excludes halogenated alkanes) is 7. The Hall–Kier alpha value is -0.830. The average molecular weight is 293 g/mol. The molecule has 0 radical (unpaired) electrons. The van der Waals surface area contributed by atoms with Gasteiger partial charge in [-0.3, -0.25) is 4.99 Å². The van der Waals surface area contributed by atoms with E-state index in [0.717, 1.165) is 32.6 Å². The highest BCUT2D eigenvalue weighted by atomic mass is 15.2. The lowest BCUT2D eigenvalue weighted by atomic mass is 10.1. The molecule has 0 fully saturated rings. The van der Waals surface area contributed by atoms with E-state index in [-0.39, 0.29) is 0 Å². The quantitative estimate of drug-likeness (QED) is 0.409. The second-order valence-electron chi connectivity index (χ2n) is 5.97. The van der Waals surface area contributed by atoms with E-state index in [0.29, 0.717) is 0 Å². The van der Waals surface area contributed by atoms with Gasteiger partial charge in [0.2, 0.25) is 0 Å². The van der Waals surface area contributed by atoms with Crippen molar-refractivity contribution < 1.29 is 0 Å². The fourth-order valence-electron chi connectivity index (χ4n) is 2.88. The topological polar surface area (TPSA) is 41.6 Å². The van der Waals surface area contributed by atoms with Crippen LogP contribution in [0.15, 0.2) is 17.1 Å². The van der Waals surface area contributed by atoms with Gasteiger partial charge in [0.25, 0.3) is 0 Å². The Labute approximate surface area is 131 Å². The van der Waals surface area contributed by atoms with E-state index in [1.807, 2.05) is 0 Å². The van der Waals surface area contributed by atoms with E-state index in [4.69, 9.17) is 5.73 Å². The fourth-order valence-corrected chi connectivity index (χ4v) is 2.88. The van der Waals surface area contributed by atoms with Gasteiger partial charge in [-0.05, 0) is 25.7 Å². The third-order valence-corrected chi connectivity index (χ3v) is 4.10. The van der Waals surface area contributed by atoms with Crippen LogP contribution < -0.4 is 5.73 Å². The van der Waals surface area contributed by atoms with Crippen LogP contribution in [0.5, 0.6) is 0 Å². The predicted molar refractivity (Wildman–Crippen MR) is 93.9 cm³/mol. The number of allylic oxidation sites excluding steroid dienone is 2. The second-order valence-corrected chi connectivity index (χ2v) is 5.97. The molecule has 0 amide bonds. The number of nitrogens with zero attached hydrogens (tertiary/aromatic N) is 2. The van der Waals surface area contributed by atoms with Gasteiger partial charge in [-0.1, -0.05) is 51.2 Å². The van der Waals surface area contributed by atoms with Gasteiger partial charge in [0, 0.05) is 26.1 Å². The molecular weight excluding hydrogens is 258 g/mol. The fraction of sp³-hybridized carbons (Fsp3) is 0.833. The molecule has 21 heavy (non-hydrogen) atoms. The molecule has 0 spiro atoms. The Balaban J connectivity index is 1.87. The molecule has 1 rings (SSSR count). The monoisotopic (exact) mass is 293 g/mol. The van der Waals surface area contributed by atoms with Crippen LogP contribution in [-0.2, 0) is 0 Å². The number of aliphatic imine (C=N–C) groups is 1. The maximum Gasteiger partial charge on any atom is 0.0990 e. The molecule has 1 aliphatic heterocycles. The number of rotatable bonds is 13. The van der Waals surface area contributed by atoms with Gasteiger partial charge in [-0.15, -0.1) is 0 Å². The van der Waals surface area contributed by atoms with Crippen molar-refractivity contribution in [1.82, 2.24) is 4.90 Å². The van der Waals surface area contributed by atoms with Gasteiger partial charge in [-0.25, -0.2) is 0 Å². The van der Waals surface area contributed by atoms with Crippen LogP contribution in [0.3, 0.4) is 0 Å². The molecule has 0 bridgehead atoms. The summed E-state index contributed by atoms with van der Waals surface area (Å²) < 4.78 is 0. The highest BCUT2D eigenvalue weighted by Crippen LogP contribution is 2.13. The summed E-state index contributed by atoms with van der Waals surface area (Å²) in [7, 11) is 0. The van der Waals surface area contributed by atoms with Crippen LogP contribution in [0.2, 0.25) is 0 Å². The lowest BCUT2D eigenvalue weighted by molar-refractivity contribution is 0.456. The van der Waals surface area contributed by atoms with Gasteiger partial charge < -0.3 is 10.6 Å². The van der Waals surface area contributed by atoms with Gasteiger partial charge in [-0.2, -0.15) is 0 Å². The minimum Gasteiger partial charge on any atom is -0.357 e. The van der Waals surface area contributed by atoms with E-state index in [1.165, 1.54) is 63.6 Å². The van der Waals surface area contributed by atoms with Gasteiger partial charge >= 0.3 is 0 Å². The molecule has 0 saturated heterocycles. The molecule has 2 N–H and O–H groups in total. The van der Waals surface area contributed by atoms with Crippen molar-refractivity contribution in [3.05, 3.63) is 12.2 Å². The Bertz CT molecular complexity index is 297. The van der Waals surface area contributed by atoms with E-state index < -0.39 is 0 Å². The first-order valence-corrected chi connectivity index (χ1v) is 9.01. The Morgan fingerprint density at radius 3 is 2.48 bits per heavy atom. The molecule has 0 atom stereocenters. The van der Waals surface area contributed by atoms with Gasteiger partial charge in [0.15, 0.2) is 0 Å². The van der Waals surface area contributed by atoms with Gasteiger partial charge in [0.05, 0.1) is 12.4 Å². The van der Waals surface area contributed by atoms with Crippen molar-refractivity contribution in [3.63, 3.8) is 0 Å². The maximum atomic E-state index is 5.63. The predicted octanol–water partition coefficient (Wildman–Crippen LogP) is 4.14. The van der Waals surface area contributed by atoms with Crippen LogP contribution in [0.4, 0.5) is 0 Å². The number of hydrogen-bond donors (Lipinski definition) is 1. The van der Waals surface area contributed by atoms with Crippen molar-refractivity contribution in [2.75, 3.05) is 26.2 Å². The molecule has 1 heterocycles. The summed E-state index contributed by atoms with van der Waals surface area (Å²) in [5.74, 6) is 1.31. The van der Waals surface area contributed by atoms with Crippen molar-refractivity contribution in [3.8, 4) is 0 Å².